The van der Waals surface area contributed by atoms with Crippen LogP contribution in [0.15, 0.2) is 30.5 Å². The third-order valence-corrected chi connectivity index (χ3v) is 3.74. The van der Waals surface area contributed by atoms with E-state index in [1.54, 1.807) is 0 Å². The van der Waals surface area contributed by atoms with E-state index in [1.165, 1.54) is 23.8 Å². The van der Waals surface area contributed by atoms with Gasteiger partial charge in [-0.3, -0.25) is 4.79 Å². The van der Waals surface area contributed by atoms with Crippen LogP contribution in [-0.4, -0.2) is 41.1 Å². The Morgan fingerprint density at radius 1 is 1.18 bits per heavy atom. The molecule has 3 rings (SSSR count). The van der Waals surface area contributed by atoms with E-state index in [-0.39, 0.29) is 0 Å². The molecule has 2 heterocycles. The fraction of sp³-hybridized carbons (Fsp3) is 0.500. The molecule has 0 bridgehead atoms. The van der Waals surface area contributed by atoms with Crippen LogP contribution in [-0.2, 0) is 11.2 Å². The molecule has 2 N–H and O–H groups in total. The number of hydrogen-bond acceptors (Lipinski definition) is 2. The Kier molecular flexibility index (Phi) is 8.30. The number of aryl methyl sites for hydroxylation is 1. The lowest BCUT2D eigenvalue weighted by atomic mass is 10.1. The summed E-state index contributed by atoms with van der Waals surface area (Å²) in [7, 11) is 1.00. The van der Waals surface area contributed by atoms with Crippen LogP contribution >= 0.6 is 0 Å². The second kappa shape index (κ2) is 10.0. The van der Waals surface area contributed by atoms with E-state index in [0.717, 1.165) is 32.1 Å². The summed E-state index contributed by atoms with van der Waals surface area (Å²) in [5, 5.41) is 8.24. The van der Waals surface area contributed by atoms with Crippen molar-refractivity contribution in [1.29, 1.82) is 0 Å². The topological polar surface area (TPSA) is 56.3 Å². The first kappa shape index (κ1) is 18.2. The molecule has 0 atom stereocenters. The minimum Gasteiger partial charge on any atom is -0.400 e. The van der Waals surface area contributed by atoms with E-state index >= 15 is 0 Å². The number of fused-ring (bicyclic) bond motifs is 1. The van der Waals surface area contributed by atoms with Gasteiger partial charge in [-0.1, -0.05) is 32.0 Å². The van der Waals surface area contributed by atoms with Crippen LogP contribution in [0, 0.1) is 0 Å². The molecule has 0 aliphatic carbocycles. The summed E-state index contributed by atoms with van der Waals surface area (Å²) in [6.07, 6.45) is 5.82. The first-order valence-corrected chi connectivity index (χ1v) is 8.12. The van der Waals surface area contributed by atoms with E-state index in [4.69, 9.17) is 5.11 Å². The molecule has 1 fully saturated rings. The number of aliphatic hydroxyl groups is 1. The zero-order chi connectivity index (χ0) is 16.4. The highest BCUT2D eigenvalue weighted by Gasteiger charge is 2.17. The number of aromatic amines is 1. The lowest BCUT2D eigenvalue weighted by Gasteiger charge is -2.14. The smallest absolute Gasteiger partial charge is 0.222 e. The molecule has 1 aliphatic rings. The average Bonchev–Trinajstić information content (AvgIpc) is 3.26. The van der Waals surface area contributed by atoms with E-state index in [9.17, 15) is 4.79 Å². The quantitative estimate of drug-likeness (QED) is 0.913. The van der Waals surface area contributed by atoms with Gasteiger partial charge in [0.2, 0.25) is 5.91 Å². The minimum atomic E-state index is 0.304. The molecule has 1 aliphatic heterocycles. The van der Waals surface area contributed by atoms with Crippen molar-refractivity contribution in [2.45, 2.75) is 39.5 Å². The van der Waals surface area contributed by atoms with E-state index in [1.807, 2.05) is 37.1 Å². The van der Waals surface area contributed by atoms with Gasteiger partial charge in [0.05, 0.1) is 0 Å². The number of carbonyl (C=O) groups is 1. The number of rotatable bonds is 3. The zero-order valence-electron chi connectivity index (χ0n) is 13.9. The number of nitrogens with zero attached hydrogens (tertiary/aromatic N) is 1. The molecular formula is C18H28N2O2. The number of hydrogen-bond donors (Lipinski definition) is 2. The van der Waals surface area contributed by atoms with Crippen LogP contribution in [0.4, 0.5) is 0 Å². The molecule has 4 nitrogen and oxygen atoms in total. The lowest BCUT2D eigenvalue weighted by Crippen LogP contribution is -2.27. The van der Waals surface area contributed by atoms with Gasteiger partial charge in [0.1, 0.15) is 0 Å². The van der Waals surface area contributed by atoms with Gasteiger partial charge in [-0.2, -0.15) is 0 Å². The van der Waals surface area contributed by atoms with Gasteiger partial charge in [-0.15, -0.1) is 0 Å². The highest BCUT2D eigenvalue weighted by atomic mass is 16.2. The Labute approximate surface area is 133 Å². The molecule has 4 heteroatoms. The second-order valence-electron chi connectivity index (χ2n) is 4.95. The zero-order valence-corrected chi connectivity index (χ0v) is 13.9. The Balaban J connectivity index is 0.000000561. The number of nitrogens with one attached hydrogen (secondary N) is 1. The summed E-state index contributed by atoms with van der Waals surface area (Å²) < 4.78 is 0. The summed E-state index contributed by atoms with van der Waals surface area (Å²) in [5.41, 5.74) is 2.40. The predicted molar refractivity (Wildman–Crippen MR) is 91.9 cm³/mol. The van der Waals surface area contributed by atoms with Crippen molar-refractivity contribution in [2.75, 3.05) is 20.2 Å². The molecule has 1 aromatic heterocycles. The molecule has 1 amide bonds. The van der Waals surface area contributed by atoms with E-state index in [0.29, 0.717) is 12.3 Å². The summed E-state index contributed by atoms with van der Waals surface area (Å²) in [5.74, 6) is 0.304. The number of aliphatic hydroxyl groups excluding tert-OH is 1. The molecule has 1 aromatic carbocycles. The fourth-order valence-electron chi connectivity index (χ4n) is 2.70. The van der Waals surface area contributed by atoms with Gasteiger partial charge >= 0.3 is 0 Å². The number of para-hydroxylation sites is 1. The molecule has 22 heavy (non-hydrogen) atoms. The number of amides is 1. The number of benzene rings is 1. The molecule has 0 radical (unpaired) electrons. The van der Waals surface area contributed by atoms with Crippen LogP contribution in [0.25, 0.3) is 10.9 Å². The largest absolute Gasteiger partial charge is 0.400 e. The normalized spacial score (nSPS) is 13.2. The van der Waals surface area contributed by atoms with E-state index in [2.05, 4.69) is 17.1 Å². The third-order valence-electron chi connectivity index (χ3n) is 3.74. The predicted octanol–water partition coefficient (Wildman–Crippen LogP) is 3.36. The average molecular weight is 304 g/mol. The Morgan fingerprint density at radius 2 is 1.82 bits per heavy atom. The molecular weight excluding hydrogens is 276 g/mol. The van der Waals surface area contributed by atoms with Crippen molar-refractivity contribution < 1.29 is 9.90 Å². The first-order chi connectivity index (χ1) is 10.8. The molecule has 122 valence electrons. The highest BCUT2D eigenvalue weighted by Crippen LogP contribution is 2.19. The number of likely N-dealkylation sites (tertiary alicyclic amines) is 1. The standard InChI is InChI=1S/C15H18N2O.C2H6.CH4O/c18-15(17-9-3-4-10-17)8-7-12-11-16-14-6-2-1-5-13(12)14;2*1-2/h1-2,5-6,11,16H,3-4,7-10H2;1-2H3;2H,1H3. The van der Waals surface area contributed by atoms with Crippen molar-refractivity contribution >= 4 is 16.8 Å². The summed E-state index contributed by atoms with van der Waals surface area (Å²) in [4.78, 5) is 17.2. The van der Waals surface area contributed by atoms with Gasteiger partial charge < -0.3 is 15.0 Å². The fourth-order valence-corrected chi connectivity index (χ4v) is 2.70. The van der Waals surface area contributed by atoms with Gasteiger partial charge in [0.15, 0.2) is 0 Å². The van der Waals surface area contributed by atoms with Gasteiger partial charge in [0, 0.05) is 43.7 Å². The molecule has 1 saturated heterocycles. The van der Waals surface area contributed by atoms with Crippen molar-refractivity contribution in [3.8, 4) is 0 Å². The summed E-state index contributed by atoms with van der Waals surface area (Å²) in [6.45, 7) is 5.90. The molecule has 2 aromatic rings. The van der Waals surface area contributed by atoms with Gasteiger partial charge in [0.25, 0.3) is 0 Å². The second-order valence-corrected chi connectivity index (χ2v) is 4.95. The minimum absolute atomic E-state index is 0.304. The van der Waals surface area contributed by atoms with Crippen molar-refractivity contribution in [2.24, 2.45) is 0 Å². The number of carbonyl (C=O) groups excluding carboxylic acids is 1. The maximum absolute atomic E-state index is 12.0. The Morgan fingerprint density at radius 3 is 2.50 bits per heavy atom. The maximum Gasteiger partial charge on any atom is 0.222 e. The molecule has 0 saturated carbocycles. The van der Waals surface area contributed by atoms with Crippen LogP contribution in [0.3, 0.4) is 0 Å². The van der Waals surface area contributed by atoms with Crippen molar-refractivity contribution in [3.63, 3.8) is 0 Å². The summed E-state index contributed by atoms with van der Waals surface area (Å²) >= 11 is 0. The highest BCUT2D eigenvalue weighted by molar-refractivity contribution is 5.84. The Hall–Kier alpha value is -1.81. The van der Waals surface area contributed by atoms with E-state index < -0.39 is 0 Å². The first-order valence-electron chi connectivity index (χ1n) is 8.12. The van der Waals surface area contributed by atoms with Crippen LogP contribution in [0.2, 0.25) is 0 Å². The summed E-state index contributed by atoms with van der Waals surface area (Å²) in [6, 6.07) is 8.25. The van der Waals surface area contributed by atoms with Gasteiger partial charge in [-0.05, 0) is 30.9 Å². The molecule has 0 spiro atoms. The maximum atomic E-state index is 12.0. The third kappa shape index (κ3) is 4.60. The number of aromatic nitrogens is 1. The van der Waals surface area contributed by atoms with Crippen molar-refractivity contribution in [1.82, 2.24) is 9.88 Å². The monoisotopic (exact) mass is 304 g/mol. The van der Waals surface area contributed by atoms with Gasteiger partial charge in [-0.25, -0.2) is 0 Å². The Bertz CT molecular complexity index is 557. The van der Waals surface area contributed by atoms with Crippen LogP contribution in [0.5, 0.6) is 0 Å². The van der Waals surface area contributed by atoms with Crippen LogP contribution in [0.1, 0.15) is 38.7 Å². The van der Waals surface area contributed by atoms with Crippen LogP contribution < -0.4 is 0 Å². The lowest BCUT2D eigenvalue weighted by molar-refractivity contribution is -0.130. The number of H-pyrrole nitrogens is 1. The SMILES string of the molecule is CC.CO.O=C(CCc1c[nH]c2ccccc12)N1CCCC1. The molecule has 0 unspecified atom stereocenters. The van der Waals surface area contributed by atoms with Crippen molar-refractivity contribution in [3.05, 3.63) is 36.0 Å².